The van der Waals surface area contributed by atoms with Gasteiger partial charge in [-0.05, 0) is 70.6 Å². The average Bonchev–Trinajstić information content (AvgIpc) is 3.20. The van der Waals surface area contributed by atoms with Crippen LogP contribution in [0.3, 0.4) is 0 Å². The van der Waals surface area contributed by atoms with Crippen molar-refractivity contribution in [1.29, 1.82) is 0 Å². The summed E-state index contributed by atoms with van der Waals surface area (Å²) in [6, 6.07) is 0. The number of rotatable bonds is 43. The van der Waals surface area contributed by atoms with Crippen LogP contribution in [-0.4, -0.2) is 65.7 Å². The summed E-state index contributed by atoms with van der Waals surface area (Å²) in [6.07, 6.45) is 43.9. The fourth-order valence-electron chi connectivity index (χ4n) is 6.19. The van der Waals surface area contributed by atoms with Crippen molar-refractivity contribution in [3.05, 3.63) is 36.5 Å². The fraction of sp³-hybridized carbons (Fsp3) is 0.826. The molecule has 57 heavy (non-hydrogen) atoms. The predicted octanol–water partition coefficient (Wildman–Crippen LogP) is 12.3. The second-order valence-corrected chi connectivity index (χ2v) is 16.9. The van der Waals surface area contributed by atoms with Crippen molar-refractivity contribution < 1.29 is 47.8 Å². The standard InChI is InChI=1S/C46H85O10P/c1-3-5-7-9-11-13-15-17-19-21-23-25-27-29-31-33-35-37-45(49)53-41-44(42-55-57(51,52)54-40-43(48)39-47)56-46(50)38-36-34-32-30-28-26-24-22-20-18-16-14-12-10-8-6-4-2/h11,13,17-20,43-44,47-48H,3-10,12,14-16,21-42H2,1-2H3,(H,51,52)/b13-11+,19-17+,20-18+/t43-,44+/m0/s1. The number of aliphatic hydroxyl groups is 2. The van der Waals surface area contributed by atoms with E-state index in [0.29, 0.717) is 12.8 Å². The van der Waals surface area contributed by atoms with E-state index in [-0.39, 0.29) is 19.4 Å². The van der Waals surface area contributed by atoms with Crippen molar-refractivity contribution in [1.82, 2.24) is 0 Å². The van der Waals surface area contributed by atoms with Gasteiger partial charge in [-0.25, -0.2) is 4.57 Å². The molecule has 0 aromatic carbocycles. The molecule has 11 heteroatoms. The third-order valence-electron chi connectivity index (χ3n) is 9.77. The number of unbranched alkanes of at least 4 members (excludes halogenated alkanes) is 23. The average molecular weight is 829 g/mol. The van der Waals surface area contributed by atoms with Crippen LogP contribution in [0.2, 0.25) is 0 Å². The van der Waals surface area contributed by atoms with Crippen molar-refractivity contribution >= 4 is 19.8 Å². The first-order valence-corrected chi connectivity index (χ1v) is 24.4. The highest BCUT2D eigenvalue weighted by Gasteiger charge is 2.27. The van der Waals surface area contributed by atoms with E-state index in [1.807, 2.05) is 0 Å². The monoisotopic (exact) mass is 829 g/mol. The maximum Gasteiger partial charge on any atom is 0.472 e. The number of aliphatic hydroxyl groups excluding tert-OH is 2. The molecule has 0 aliphatic heterocycles. The van der Waals surface area contributed by atoms with E-state index in [2.05, 4.69) is 50.3 Å². The van der Waals surface area contributed by atoms with Crippen molar-refractivity contribution in [2.45, 2.75) is 219 Å². The minimum absolute atomic E-state index is 0.178. The molecule has 10 nitrogen and oxygen atoms in total. The summed E-state index contributed by atoms with van der Waals surface area (Å²) in [5.41, 5.74) is 0. The Hall–Kier alpha value is -1.81. The molecule has 1 unspecified atom stereocenters. The van der Waals surface area contributed by atoms with E-state index in [9.17, 15) is 24.2 Å². The van der Waals surface area contributed by atoms with Gasteiger partial charge in [-0.2, -0.15) is 0 Å². The molecule has 0 aliphatic rings. The molecule has 0 heterocycles. The number of esters is 2. The van der Waals surface area contributed by atoms with Crippen molar-refractivity contribution in [3.63, 3.8) is 0 Å². The van der Waals surface area contributed by atoms with Gasteiger partial charge >= 0.3 is 19.8 Å². The predicted molar refractivity (Wildman–Crippen MR) is 233 cm³/mol. The van der Waals surface area contributed by atoms with Crippen LogP contribution in [0.15, 0.2) is 36.5 Å². The number of carbonyl (C=O) groups excluding carboxylic acids is 2. The summed E-state index contributed by atoms with van der Waals surface area (Å²) in [6.45, 7) is 2.35. The Bertz CT molecular complexity index is 1050. The smallest absolute Gasteiger partial charge is 0.462 e. The third kappa shape index (κ3) is 42.1. The van der Waals surface area contributed by atoms with Gasteiger partial charge in [0.25, 0.3) is 0 Å². The van der Waals surface area contributed by atoms with Gasteiger partial charge in [0.1, 0.15) is 12.7 Å². The first kappa shape index (κ1) is 55.2. The zero-order chi connectivity index (χ0) is 41.9. The van der Waals surface area contributed by atoms with Gasteiger partial charge in [0.15, 0.2) is 6.10 Å². The summed E-state index contributed by atoms with van der Waals surface area (Å²) >= 11 is 0. The third-order valence-corrected chi connectivity index (χ3v) is 10.7. The molecule has 0 fully saturated rings. The van der Waals surface area contributed by atoms with Crippen LogP contribution >= 0.6 is 7.82 Å². The second-order valence-electron chi connectivity index (χ2n) is 15.4. The number of hydrogen-bond donors (Lipinski definition) is 3. The van der Waals surface area contributed by atoms with E-state index < -0.39 is 51.8 Å². The number of phosphoric acid groups is 1. The Balaban J connectivity index is 4.27. The summed E-state index contributed by atoms with van der Waals surface area (Å²) in [5, 5.41) is 18.3. The van der Waals surface area contributed by atoms with Crippen LogP contribution in [0.1, 0.15) is 206 Å². The zero-order valence-corrected chi connectivity index (χ0v) is 37.2. The maximum atomic E-state index is 12.6. The fourth-order valence-corrected chi connectivity index (χ4v) is 6.98. The molecular formula is C46H85O10P. The van der Waals surface area contributed by atoms with E-state index in [0.717, 1.165) is 57.8 Å². The molecule has 0 saturated carbocycles. The van der Waals surface area contributed by atoms with E-state index in [4.69, 9.17) is 23.6 Å². The SMILES string of the molecule is CCCCC/C=C/C/C=C/CCCCCCCCCC(=O)OC[C@H](COP(=O)(O)OC[C@@H](O)CO)OC(=O)CCCCCCCCC/C=C/CCCCCCCC. The highest BCUT2D eigenvalue weighted by atomic mass is 31.2. The Kier molecular flexibility index (Phi) is 41.0. The van der Waals surface area contributed by atoms with Crippen molar-refractivity contribution in [2.24, 2.45) is 0 Å². The summed E-state index contributed by atoms with van der Waals surface area (Å²) in [7, 11) is -4.62. The van der Waals surface area contributed by atoms with E-state index in [1.165, 1.54) is 109 Å². The maximum absolute atomic E-state index is 12.6. The van der Waals surface area contributed by atoms with Gasteiger partial charge in [-0.1, -0.05) is 159 Å². The molecule has 0 aliphatic carbocycles. The molecule has 0 radical (unpaired) electrons. The minimum atomic E-state index is -4.62. The highest BCUT2D eigenvalue weighted by Crippen LogP contribution is 2.43. The van der Waals surface area contributed by atoms with Gasteiger partial charge in [-0.3, -0.25) is 18.6 Å². The molecule has 3 N–H and O–H groups in total. The lowest BCUT2D eigenvalue weighted by Gasteiger charge is -2.20. The van der Waals surface area contributed by atoms with Gasteiger partial charge in [0, 0.05) is 12.8 Å². The lowest BCUT2D eigenvalue weighted by atomic mass is 10.1. The summed E-state index contributed by atoms with van der Waals surface area (Å²) in [4.78, 5) is 35.0. The van der Waals surface area contributed by atoms with E-state index in [1.54, 1.807) is 0 Å². The first-order chi connectivity index (χ1) is 27.7. The number of carbonyl (C=O) groups is 2. The molecule has 0 saturated heterocycles. The Morgan fingerprint density at radius 2 is 0.912 bits per heavy atom. The largest absolute Gasteiger partial charge is 0.472 e. The number of allylic oxidation sites excluding steroid dienone is 6. The van der Waals surface area contributed by atoms with Crippen LogP contribution in [0.4, 0.5) is 0 Å². The van der Waals surface area contributed by atoms with E-state index >= 15 is 0 Å². The molecule has 0 rings (SSSR count). The van der Waals surface area contributed by atoms with Crippen LogP contribution in [0, 0.1) is 0 Å². The Morgan fingerprint density at radius 1 is 0.526 bits per heavy atom. The first-order valence-electron chi connectivity index (χ1n) is 22.9. The van der Waals surface area contributed by atoms with Crippen LogP contribution in [0.5, 0.6) is 0 Å². The number of ether oxygens (including phenoxy) is 2. The second kappa shape index (κ2) is 42.3. The molecule has 0 aromatic rings. The van der Waals surface area contributed by atoms with Crippen LogP contribution in [-0.2, 0) is 32.7 Å². The zero-order valence-electron chi connectivity index (χ0n) is 36.3. The van der Waals surface area contributed by atoms with Crippen LogP contribution in [0.25, 0.3) is 0 Å². The van der Waals surface area contributed by atoms with Gasteiger partial charge in [0.2, 0.25) is 0 Å². The van der Waals surface area contributed by atoms with Crippen molar-refractivity contribution in [2.75, 3.05) is 26.4 Å². The summed E-state index contributed by atoms with van der Waals surface area (Å²) in [5.74, 6) is -0.935. The van der Waals surface area contributed by atoms with Gasteiger partial charge < -0.3 is 24.6 Å². The van der Waals surface area contributed by atoms with Gasteiger partial charge in [-0.15, -0.1) is 0 Å². The lowest BCUT2D eigenvalue weighted by Crippen LogP contribution is -2.29. The highest BCUT2D eigenvalue weighted by molar-refractivity contribution is 7.47. The molecule has 3 atom stereocenters. The Morgan fingerprint density at radius 3 is 1.40 bits per heavy atom. The molecule has 0 bridgehead atoms. The quantitative estimate of drug-likeness (QED) is 0.0235. The number of hydrogen-bond acceptors (Lipinski definition) is 9. The van der Waals surface area contributed by atoms with Crippen LogP contribution < -0.4 is 0 Å². The number of phosphoric ester groups is 1. The summed E-state index contributed by atoms with van der Waals surface area (Å²) < 4.78 is 32.8. The molecule has 0 amide bonds. The lowest BCUT2D eigenvalue weighted by molar-refractivity contribution is -0.161. The topological polar surface area (TPSA) is 149 Å². The molecular weight excluding hydrogens is 743 g/mol. The minimum Gasteiger partial charge on any atom is -0.462 e. The molecule has 334 valence electrons. The normalized spacial score (nSPS) is 14.1. The van der Waals surface area contributed by atoms with Crippen molar-refractivity contribution in [3.8, 4) is 0 Å². The Labute approximate surface area is 348 Å². The molecule has 0 aromatic heterocycles. The van der Waals surface area contributed by atoms with Gasteiger partial charge in [0.05, 0.1) is 19.8 Å². The molecule has 0 spiro atoms.